The molecular weight excluding hydrogens is 417 g/mol. The first kappa shape index (κ1) is 24.3. The number of unbranched alkanes of at least 4 members (excludes halogenated alkanes) is 2. The second-order valence-corrected chi connectivity index (χ2v) is 16.2. The summed E-state index contributed by atoms with van der Waals surface area (Å²) in [7, 11) is -1.70. The Hall–Kier alpha value is -0.383. The van der Waals surface area contributed by atoms with Gasteiger partial charge in [-0.2, -0.15) is 0 Å². The van der Waals surface area contributed by atoms with E-state index in [0.717, 1.165) is 11.8 Å². The van der Waals surface area contributed by atoms with Gasteiger partial charge in [-0.15, -0.1) is 22.7 Å². The third kappa shape index (κ3) is 4.83. The van der Waals surface area contributed by atoms with Crippen molar-refractivity contribution in [2.24, 2.45) is 11.8 Å². The van der Waals surface area contributed by atoms with Crippen LogP contribution >= 0.6 is 22.7 Å². The summed E-state index contributed by atoms with van der Waals surface area (Å²) in [5.41, 5.74) is 0. The summed E-state index contributed by atoms with van der Waals surface area (Å²) in [6.07, 6.45) is 12.3. The van der Waals surface area contributed by atoms with Gasteiger partial charge in [0.05, 0.1) is 0 Å². The highest BCUT2D eigenvalue weighted by molar-refractivity contribution is 7.29. The van der Waals surface area contributed by atoms with Crippen LogP contribution < -0.4 is 10.4 Å². The van der Waals surface area contributed by atoms with Crippen LogP contribution in [-0.2, 0) is 6.42 Å². The maximum atomic E-state index is 2.69. The zero-order valence-corrected chi connectivity index (χ0v) is 23.0. The first-order valence-corrected chi connectivity index (χ1v) is 16.8. The van der Waals surface area contributed by atoms with Gasteiger partial charge in [-0.25, -0.2) is 0 Å². The Bertz CT molecular complexity index is 782. The number of hydrogen-bond donors (Lipinski definition) is 0. The molecule has 0 saturated heterocycles. The van der Waals surface area contributed by atoms with E-state index in [-0.39, 0.29) is 0 Å². The molecule has 1 aliphatic rings. The fourth-order valence-electron chi connectivity index (χ4n) is 5.72. The second kappa shape index (κ2) is 11.0. The predicted octanol–water partition coefficient (Wildman–Crippen LogP) is 8.66. The summed E-state index contributed by atoms with van der Waals surface area (Å²) in [5, 5.41) is 3.70. The average molecular weight is 461 g/mol. The SMILES string of the molecule is CCCCC(CC)C[Si]1(CC(CC)CCCC)c2cc(C)sc2-c2sc(CC)cc21. The molecule has 2 atom stereocenters. The molecule has 0 amide bonds. The first-order chi connectivity index (χ1) is 14.5. The van der Waals surface area contributed by atoms with Gasteiger partial charge in [0.1, 0.15) is 8.07 Å². The van der Waals surface area contributed by atoms with Crippen molar-refractivity contribution >= 4 is 41.1 Å². The Morgan fingerprint density at radius 3 is 1.80 bits per heavy atom. The molecule has 0 aromatic carbocycles. The highest BCUT2D eigenvalue weighted by atomic mass is 32.1. The lowest BCUT2D eigenvalue weighted by atomic mass is 10.0. The van der Waals surface area contributed by atoms with E-state index in [1.54, 1.807) is 14.6 Å². The molecule has 0 nitrogen and oxygen atoms in total. The third-order valence-electron chi connectivity index (χ3n) is 7.59. The molecule has 30 heavy (non-hydrogen) atoms. The minimum atomic E-state index is -1.70. The molecule has 0 spiro atoms. The lowest BCUT2D eigenvalue weighted by molar-refractivity contribution is 0.469. The van der Waals surface area contributed by atoms with Crippen molar-refractivity contribution < 1.29 is 0 Å². The van der Waals surface area contributed by atoms with E-state index in [4.69, 9.17) is 0 Å². The molecular formula is C27H44S2Si. The number of aryl methyl sites for hydroxylation is 2. The second-order valence-electron chi connectivity index (χ2n) is 9.73. The minimum absolute atomic E-state index is 0.907. The van der Waals surface area contributed by atoms with Crippen LogP contribution in [0.3, 0.4) is 0 Å². The van der Waals surface area contributed by atoms with Crippen molar-refractivity contribution in [2.75, 3.05) is 0 Å². The highest BCUT2D eigenvalue weighted by Crippen LogP contribution is 2.45. The van der Waals surface area contributed by atoms with Gasteiger partial charge in [0.15, 0.2) is 0 Å². The maximum absolute atomic E-state index is 2.69. The lowest BCUT2D eigenvalue weighted by Gasteiger charge is -2.35. The maximum Gasteiger partial charge on any atom is 0.122 e. The van der Waals surface area contributed by atoms with E-state index < -0.39 is 8.07 Å². The third-order valence-corrected chi connectivity index (χ3v) is 15.8. The Morgan fingerprint density at radius 2 is 1.30 bits per heavy atom. The Kier molecular flexibility index (Phi) is 8.87. The molecule has 0 saturated carbocycles. The van der Waals surface area contributed by atoms with Crippen LogP contribution in [-0.4, -0.2) is 8.07 Å². The van der Waals surface area contributed by atoms with Crippen LogP contribution in [0.1, 0.15) is 95.7 Å². The molecule has 3 rings (SSSR count). The first-order valence-electron chi connectivity index (χ1n) is 12.8. The van der Waals surface area contributed by atoms with Crippen molar-refractivity contribution in [2.45, 2.75) is 111 Å². The molecule has 3 heterocycles. The largest absolute Gasteiger partial charge is 0.140 e. The summed E-state index contributed by atoms with van der Waals surface area (Å²) < 4.78 is 0. The van der Waals surface area contributed by atoms with E-state index in [2.05, 4.69) is 76.3 Å². The molecule has 2 aromatic rings. The molecule has 0 aliphatic carbocycles. The van der Waals surface area contributed by atoms with Gasteiger partial charge < -0.3 is 0 Å². The van der Waals surface area contributed by atoms with E-state index in [0.29, 0.717) is 0 Å². The molecule has 168 valence electrons. The van der Waals surface area contributed by atoms with Crippen molar-refractivity contribution in [1.82, 2.24) is 0 Å². The summed E-state index contributed by atoms with van der Waals surface area (Å²) in [6.45, 7) is 14.3. The number of hydrogen-bond acceptors (Lipinski definition) is 2. The summed E-state index contributed by atoms with van der Waals surface area (Å²) in [4.78, 5) is 6.55. The van der Waals surface area contributed by atoms with Crippen molar-refractivity contribution in [1.29, 1.82) is 0 Å². The van der Waals surface area contributed by atoms with Crippen molar-refractivity contribution in [3.05, 3.63) is 21.9 Å². The Labute approximate surface area is 195 Å². The summed E-state index contributed by atoms with van der Waals surface area (Å²) in [5.74, 6) is 1.81. The average Bonchev–Trinajstić information content (AvgIpc) is 3.41. The zero-order valence-electron chi connectivity index (χ0n) is 20.4. The molecule has 2 unspecified atom stereocenters. The zero-order chi connectivity index (χ0) is 21.7. The summed E-state index contributed by atoms with van der Waals surface area (Å²) >= 11 is 4.23. The molecule has 3 heteroatoms. The van der Waals surface area contributed by atoms with Crippen LogP contribution in [0.15, 0.2) is 12.1 Å². The number of thiophene rings is 2. The standard InChI is InChI=1S/C27H44S2Si/c1-7-12-14-21(9-3)18-30(19-22(10-4)15-13-8-2)24-16-20(6)28-26(24)27-25(30)17-23(11-5)29-27/h16-17,21-22H,7-15,18-19H2,1-6H3. The predicted molar refractivity (Wildman–Crippen MR) is 143 cm³/mol. The van der Waals surface area contributed by atoms with Crippen molar-refractivity contribution in [3.8, 4) is 9.75 Å². The van der Waals surface area contributed by atoms with Gasteiger partial charge in [-0.05, 0) is 59.8 Å². The molecule has 0 radical (unpaired) electrons. The molecule has 0 bridgehead atoms. The molecule has 0 fully saturated rings. The van der Waals surface area contributed by atoms with E-state index >= 15 is 0 Å². The number of rotatable bonds is 13. The van der Waals surface area contributed by atoms with Crippen LogP contribution in [0.25, 0.3) is 9.75 Å². The topological polar surface area (TPSA) is 0 Å². The molecule has 2 aromatic heterocycles. The lowest BCUT2D eigenvalue weighted by Crippen LogP contribution is -2.56. The van der Waals surface area contributed by atoms with Crippen LogP contribution in [0.4, 0.5) is 0 Å². The van der Waals surface area contributed by atoms with Gasteiger partial charge in [0, 0.05) is 19.5 Å². The monoisotopic (exact) mass is 460 g/mol. The van der Waals surface area contributed by atoms with E-state index in [9.17, 15) is 0 Å². The number of fused-ring (bicyclic) bond motifs is 3. The van der Waals surface area contributed by atoms with Crippen LogP contribution in [0.5, 0.6) is 0 Å². The normalized spacial score (nSPS) is 19.7. The van der Waals surface area contributed by atoms with Crippen molar-refractivity contribution in [3.63, 3.8) is 0 Å². The minimum Gasteiger partial charge on any atom is -0.140 e. The van der Waals surface area contributed by atoms with Gasteiger partial charge >= 0.3 is 0 Å². The summed E-state index contributed by atoms with van der Waals surface area (Å²) in [6, 6.07) is 8.33. The van der Waals surface area contributed by atoms with Gasteiger partial charge in [-0.1, -0.05) is 86.0 Å². The smallest absolute Gasteiger partial charge is 0.122 e. The van der Waals surface area contributed by atoms with Gasteiger partial charge in [0.2, 0.25) is 0 Å². The van der Waals surface area contributed by atoms with Crippen LogP contribution in [0.2, 0.25) is 12.1 Å². The highest BCUT2D eigenvalue weighted by Gasteiger charge is 2.49. The van der Waals surface area contributed by atoms with Gasteiger partial charge in [-0.3, -0.25) is 0 Å². The van der Waals surface area contributed by atoms with Crippen LogP contribution in [0, 0.1) is 18.8 Å². The Morgan fingerprint density at radius 1 is 0.767 bits per heavy atom. The van der Waals surface area contributed by atoms with Gasteiger partial charge in [0.25, 0.3) is 0 Å². The quantitative estimate of drug-likeness (QED) is 0.262. The fourth-order valence-corrected chi connectivity index (χ4v) is 16.0. The molecule has 1 aliphatic heterocycles. The van der Waals surface area contributed by atoms with E-state index in [1.165, 1.54) is 74.8 Å². The van der Waals surface area contributed by atoms with E-state index in [1.807, 2.05) is 10.4 Å². The molecule has 0 N–H and O–H groups in total. The Balaban J connectivity index is 2.09. The fraction of sp³-hybridized carbons (Fsp3) is 0.704.